The molecule has 0 bridgehead atoms. The van der Waals surface area contributed by atoms with Crippen molar-refractivity contribution in [3.8, 4) is 0 Å². The predicted octanol–water partition coefficient (Wildman–Crippen LogP) is 1.33. The summed E-state index contributed by atoms with van der Waals surface area (Å²) >= 11 is 0. The highest BCUT2D eigenvalue weighted by molar-refractivity contribution is 5.89. The number of carbonyl (C=O) groups is 2. The van der Waals surface area contributed by atoms with Crippen molar-refractivity contribution in [3.63, 3.8) is 0 Å². The van der Waals surface area contributed by atoms with Gasteiger partial charge in [-0.25, -0.2) is 0 Å². The van der Waals surface area contributed by atoms with E-state index in [1.165, 1.54) is 0 Å². The number of amides is 2. The van der Waals surface area contributed by atoms with Crippen LogP contribution in [0.4, 0.5) is 0 Å². The van der Waals surface area contributed by atoms with Gasteiger partial charge in [0, 0.05) is 84.3 Å². The number of pyridine rings is 1. The van der Waals surface area contributed by atoms with E-state index in [4.69, 9.17) is 4.42 Å². The zero-order valence-electron chi connectivity index (χ0n) is 27.9. The molecule has 0 aliphatic carbocycles. The molecule has 4 rings (SSSR count). The first-order valence-corrected chi connectivity index (χ1v) is 16.8. The Morgan fingerprint density at radius 3 is 2.04 bits per heavy atom. The standard InChI is InChI=1S/C34H52N8O4/c1-4-35-12-15-39-13-9-14-40(25-32(43)36-5-2)18-19-41(20-21-42(17-16-39)26-33(44)37-6-3)24-27-22-31-29(23-38-27)34(45)28-10-7-8-11-30(28)46-31/h7-8,10-11,22-23,35H,4-6,9,12-21,24-26H2,1-3H3,(H,36,43)(H,37,44). The van der Waals surface area contributed by atoms with Crippen molar-refractivity contribution in [2.24, 2.45) is 0 Å². The number of benzene rings is 1. The second kappa shape index (κ2) is 18.7. The van der Waals surface area contributed by atoms with Gasteiger partial charge in [0.15, 0.2) is 0 Å². The first kappa shape index (κ1) is 35.4. The van der Waals surface area contributed by atoms with E-state index in [0.29, 0.717) is 67.8 Å². The van der Waals surface area contributed by atoms with E-state index in [9.17, 15) is 14.4 Å². The van der Waals surface area contributed by atoms with Crippen LogP contribution in [-0.4, -0.2) is 135 Å². The molecule has 3 heterocycles. The van der Waals surface area contributed by atoms with Crippen molar-refractivity contribution < 1.29 is 14.0 Å². The lowest BCUT2D eigenvalue weighted by molar-refractivity contribution is -0.123. The molecule has 3 N–H and O–H groups in total. The molecule has 1 aliphatic rings. The summed E-state index contributed by atoms with van der Waals surface area (Å²) in [6.07, 6.45) is 2.56. The van der Waals surface area contributed by atoms with Gasteiger partial charge in [0.25, 0.3) is 0 Å². The number of nitrogens with zero attached hydrogens (tertiary/aromatic N) is 5. The first-order chi connectivity index (χ1) is 22.4. The smallest absolute Gasteiger partial charge is 0.234 e. The van der Waals surface area contributed by atoms with E-state index in [2.05, 4.69) is 47.5 Å². The first-order valence-electron chi connectivity index (χ1n) is 16.8. The summed E-state index contributed by atoms with van der Waals surface area (Å²) in [6, 6.07) is 9.14. The van der Waals surface area contributed by atoms with Gasteiger partial charge in [-0.2, -0.15) is 0 Å². The Morgan fingerprint density at radius 2 is 1.37 bits per heavy atom. The maximum Gasteiger partial charge on any atom is 0.234 e. The van der Waals surface area contributed by atoms with Crippen LogP contribution in [0.15, 0.2) is 45.7 Å². The van der Waals surface area contributed by atoms with Gasteiger partial charge in [-0.05, 0) is 52.0 Å². The van der Waals surface area contributed by atoms with Crippen LogP contribution in [-0.2, 0) is 16.1 Å². The van der Waals surface area contributed by atoms with Gasteiger partial charge in [-0.1, -0.05) is 19.1 Å². The zero-order chi connectivity index (χ0) is 32.7. The number of nitrogens with one attached hydrogen (secondary N) is 3. The minimum absolute atomic E-state index is 0.0316. The average Bonchev–Trinajstić information content (AvgIpc) is 3.05. The fraction of sp³-hybridized carbons (Fsp3) is 0.588. The minimum atomic E-state index is -0.0835. The molecule has 3 aromatic rings. The molecule has 12 heteroatoms. The highest BCUT2D eigenvalue weighted by Gasteiger charge is 2.19. The Bertz CT molecular complexity index is 1460. The van der Waals surface area contributed by atoms with Gasteiger partial charge in [0.2, 0.25) is 17.2 Å². The molecule has 46 heavy (non-hydrogen) atoms. The quantitative estimate of drug-likeness (QED) is 0.198. The monoisotopic (exact) mass is 636 g/mol. The number of aromatic nitrogens is 1. The number of hydrogen-bond donors (Lipinski definition) is 3. The van der Waals surface area contributed by atoms with E-state index in [1.54, 1.807) is 12.3 Å². The maximum absolute atomic E-state index is 13.1. The molecule has 0 unspecified atom stereocenters. The van der Waals surface area contributed by atoms with Gasteiger partial charge < -0.3 is 25.3 Å². The van der Waals surface area contributed by atoms with Crippen molar-refractivity contribution in [1.29, 1.82) is 0 Å². The fourth-order valence-electron chi connectivity index (χ4n) is 5.89. The number of carbonyl (C=O) groups excluding carboxylic acids is 2. The average molecular weight is 637 g/mol. The summed E-state index contributed by atoms with van der Waals surface area (Å²) < 4.78 is 6.12. The second-order valence-electron chi connectivity index (χ2n) is 11.9. The van der Waals surface area contributed by atoms with E-state index in [-0.39, 0.29) is 17.2 Å². The van der Waals surface area contributed by atoms with Crippen LogP contribution in [0.5, 0.6) is 0 Å². The normalized spacial score (nSPS) is 16.9. The van der Waals surface area contributed by atoms with Crippen molar-refractivity contribution in [2.75, 3.05) is 98.2 Å². The molecule has 12 nitrogen and oxygen atoms in total. The summed E-state index contributed by atoms with van der Waals surface area (Å²) in [6.45, 7) is 17.5. The molecule has 1 aliphatic heterocycles. The van der Waals surface area contributed by atoms with Gasteiger partial charge in [-0.3, -0.25) is 34.1 Å². The Kier molecular flexibility index (Phi) is 14.4. The summed E-state index contributed by atoms with van der Waals surface area (Å²) in [5.74, 6) is 0.0676. The Hall–Kier alpha value is -3.42. The minimum Gasteiger partial charge on any atom is -0.456 e. The molecule has 0 spiro atoms. The molecule has 1 fully saturated rings. The third-order valence-electron chi connectivity index (χ3n) is 8.39. The molecular formula is C34H52N8O4. The predicted molar refractivity (Wildman–Crippen MR) is 183 cm³/mol. The number of para-hydroxylation sites is 1. The highest BCUT2D eigenvalue weighted by Crippen LogP contribution is 2.19. The lowest BCUT2D eigenvalue weighted by atomic mass is 10.1. The Morgan fingerprint density at radius 1 is 0.761 bits per heavy atom. The Balaban J connectivity index is 1.56. The van der Waals surface area contributed by atoms with Crippen LogP contribution in [0.2, 0.25) is 0 Å². The van der Waals surface area contributed by atoms with E-state index in [1.807, 2.05) is 38.1 Å². The lowest BCUT2D eigenvalue weighted by Crippen LogP contribution is -2.45. The molecule has 2 aromatic heterocycles. The van der Waals surface area contributed by atoms with Gasteiger partial charge in [0.1, 0.15) is 11.2 Å². The van der Waals surface area contributed by atoms with Gasteiger partial charge >= 0.3 is 0 Å². The third-order valence-corrected chi connectivity index (χ3v) is 8.39. The third kappa shape index (κ3) is 10.8. The summed E-state index contributed by atoms with van der Waals surface area (Å²) in [7, 11) is 0. The number of likely N-dealkylation sites (N-methyl/N-ethyl adjacent to an activating group) is 3. The van der Waals surface area contributed by atoms with E-state index < -0.39 is 0 Å². The van der Waals surface area contributed by atoms with E-state index >= 15 is 0 Å². The number of rotatable bonds is 12. The van der Waals surface area contributed by atoms with Crippen LogP contribution in [0.3, 0.4) is 0 Å². The number of hydrogen-bond acceptors (Lipinski definition) is 10. The molecular weight excluding hydrogens is 584 g/mol. The van der Waals surface area contributed by atoms with Crippen LogP contribution in [0.1, 0.15) is 32.9 Å². The van der Waals surface area contributed by atoms with Crippen LogP contribution < -0.4 is 21.4 Å². The fourth-order valence-corrected chi connectivity index (χ4v) is 5.89. The van der Waals surface area contributed by atoms with E-state index in [0.717, 1.165) is 71.0 Å². The SMILES string of the molecule is CCNCCN1CCCN(CC(=O)NCC)CCN(Cc2cc3oc4ccccc4c(=O)c3cn2)CCN(CC(=O)NCC)CC1. The lowest BCUT2D eigenvalue weighted by Gasteiger charge is -2.29. The maximum atomic E-state index is 13.1. The van der Waals surface area contributed by atoms with Crippen molar-refractivity contribution >= 4 is 33.8 Å². The van der Waals surface area contributed by atoms with Gasteiger partial charge in [-0.15, -0.1) is 0 Å². The second-order valence-corrected chi connectivity index (χ2v) is 11.9. The molecule has 1 saturated heterocycles. The molecule has 2 amide bonds. The summed E-state index contributed by atoms with van der Waals surface area (Å²) in [5.41, 5.74) is 1.80. The molecule has 1 aromatic carbocycles. The zero-order valence-corrected chi connectivity index (χ0v) is 27.9. The van der Waals surface area contributed by atoms with Crippen LogP contribution >= 0.6 is 0 Å². The molecule has 0 saturated carbocycles. The number of fused-ring (bicyclic) bond motifs is 2. The van der Waals surface area contributed by atoms with Gasteiger partial charge in [0.05, 0.1) is 29.6 Å². The molecule has 0 radical (unpaired) electrons. The van der Waals surface area contributed by atoms with Crippen LogP contribution in [0, 0.1) is 0 Å². The summed E-state index contributed by atoms with van der Waals surface area (Å²) in [5, 5.41) is 10.3. The largest absolute Gasteiger partial charge is 0.456 e. The van der Waals surface area contributed by atoms with Crippen molar-refractivity contribution in [3.05, 3.63) is 52.4 Å². The van der Waals surface area contributed by atoms with Crippen LogP contribution in [0.25, 0.3) is 21.9 Å². The topological polar surface area (TPSA) is 126 Å². The summed E-state index contributed by atoms with van der Waals surface area (Å²) in [4.78, 5) is 52.3. The highest BCUT2D eigenvalue weighted by atomic mass is 16.3. The van der Waals surface area contributed by atoms with Crippen molar-refractivity contribution in [1.82, 2.24) is 40.5 Å². The molecule has 252 valence electrons. The molecule has 0 atom stereocenters. The van der Waals surface area contributed by atoms with Crippen molar-refractivity contribution in [2.45, 2.75) is 33.7 Å². The Labute approximate surface area is 272 Å².